The number of aryl methyl sites for hydroxylation is 1. The first-order chi connectivity index (χ1) is 15.2. The topological polar surface area (TPSA) is 64.4 Å². The molecular formula is C26H27N3O3. The number of aromatic nitrogens is 2. The highest BCUT2D eigenvalue weighted by molar-refractivity contribution is 5.78. The number of carbonyl (C=O) groups is 1. The highest BCUT2D eigenvalue weighted by Crippen LogP contribution is 2.45. The van der Waals surface area contributed by atoms with Gasteiger partial charge in [0.2, 0.25) is 0 Å². The van der Waals surface area contributed by atoms with Crippen LogP contribution in [0.1, 0.15) is 55.0 Å². The van der Waals surface area contributed by atoms with Crippen molar-refractivity contribution in [1.29, 1.82) is 0 Å². The Hall–Kier alpha value is -3.41. The second-order valence-electron chi connectivity index (χ2n) is 9.49. The van der Waals surface area contributed by atoms with Crippen molar-refractivity contribution in [3.8, 4) is 11.1 Å². The molecule has 3 aromatic rings. The maximum atomic E-state index is 13.8. The van der Waals surface area contributed by atoms with Gasteiger partial charge in [0.1, 0.15) is 11.4 Å². The molecule has 0 atom stereocenters. The van der Waals surface area contributed by atoms with Crippen molar-refractivity contribution < 1.29 is 9.53 Å². The lowest BCUT2D eigenvalue weighted by atomic mass is 10.0. The molecule has 32 heavy (non-hydrogen) atoms. The van der Waals surface area contributed by atoms with Gasteiger partial charge in [-0.1, -0.05) is 48.5 Å². The van der Waals surface area contributed by atoms with Crippen molar-refractivity contribution in [1.82, 2.24) is 14.5 Å². The quantitative estimate of drug-likeness (QED) is 0.448. The molecule has 1 aliphatic heterocycles. The molecule has 0 radical (unpaired) electrons. The number of hydrogen-bond acceptors (Lipinski definition) is 4. The minimum Gasteiger partial charge on any atom is -0.444 e. The second kappa shape index (κ2) is 7.33. The van der Waals surface area contributed by atoms with E-state index in [-0.39, 0.29) is 18.1 Å². The van der Waals surface area contributed by atoms with E-state index in [4.69, 9.17) is 9.72 Å². The van der Waals surface area contributed by atoms with Crippen molar-refractivity contribution in [3.05, 3.63) is 87.1 Å². The van der Waals surface area contributed by atoms with E-state index in [2.05, 4.69) is 24.3 Å². The molecule has 1 amide bonds. The lowest BCUT2D eigenvalue weighted by molar-refractivity contribution is 0.0221. The lowest BCUT2D eigenvalue weighted by Crippen LogP contribution is -2.44. The average Bonchev–Trinajstić information content (AvgIpc) is 3.07. The molecule has 6 nitrogen and oxygen atoms in total. The Kier molecular flexibility index (Phi) is 4.69. The molecular weight excluding hydrogens is 402 g/mol. The number of fused-ring (bicyclic) bond motifs is 4. The monoisotopic (exact) mass is 429 g/mol. The zero-order valence-electron chi connectivity index (χ0n) is 18.9. The summed E-state index contributed by atoms with van der Waals surface area (Å²) in [5, 5.41) is 0. The summed E-state index contributed by atoms with van der Waals surface area (Å²) in [6, 6.07) is 16.2. The fraction of sp³-hybridized carbons (Fsp3) is 0.346. The van der Waals surface area contributed by atoms with E-state index in [1.807, 2.05) is 52.0 Å². The number of rotatable bonds is 1. The molecule has 0 saturated carbocycles. The Morgan fingerprint density at radius 1 is 1.03 bits per heavy atom. The molecule has 2 aromatic carbocycles. The molecule has 164 valence electrons. The third-order valence-corrected chi connectivity index (χ3v) is 6.15. The smallest absolute Gasteiger partial charge is 0.410 e. The van der Waals surface area contributed by atoms with Gasteiger partial charge in [-0.15, -0.1) is 0 Å². The number of hydrogen-bond donors (Lipinski definition) is 0. The van der Waals surface area contributed by atoms with E-state index in [9.17, 15) is 9.59 Å². The minimum atomic E-state index is -0.583. The summed E-state index contributed by atoms with van der Waals surface area (Å²) in [6.45, 7) is 8.13. The molecule has 2 heterocycles. The Bertz CT molecular complexity index is 1240. The van der Waals surface area contributed by atoms with Gasteiger partial charge in [0, 0.05) is 13.0 Å². The summed E-state index contributed by atoms with van der Waals surface area (Å²) in [6.07, 6.45) is 0.148. The van der Waals surface area contributed by atoms with Crippen LogP contribution in [0.25, 0.3) is 11.1 Å². The van der Waals surface area contributed by atoms with Crippen LogP contribution in [0, 0.1) is 6.92 Å². The van der Waals surface area contributed by atoms with Crippen LogP contribution in [0.2, 0.25) is 0 Å². The lowest BCUT2D eigenvalue weighted by Gasteiger charge is -2.31. The van der Waals surface area contributed by atoms with Gasteiger partial charge in [-0.05, 0) is 49.9 Å². The predicted molar refractivity (Wildman–Crippen MR) is 123 cm³/mol. The number of nitrogens with zero attached hydrogens (tertiary/aromatic N) is 3. The zero-order chi connectivity index (χ0) is 22.6. The summed E-state index contributed by atoms with van der Waals surface area (Å²) < 4.78 is 7.33. The average molecular weight is 430 g/mol. The molecule has 1 aliphatic carbocycles. The van der Waals surface area contributed by atoms with Gasteiger partial charge in [0.15, 0.2) is 0 Å². The van der Waals surface area contributed by atoms with Gasteiger partial charge >= 0.3 is 6.09 Å². The predicted octanol–water partition coefficient (Wildman–Crippen LogP) is 4.46. The van der Waals surface area contributed by atoms with Crippen molar-refractivity contribution in [2.45, 2.75) is 52.3 Å². The first-order valence-electron chi connectivity index (χ1n) is 11.0. The van der Waals surface area contributed by atoms with Crippen LogP contribution in [0.3, 0.4) is 0 Å². The Morgan fingerprint density at radius 2 is 1.62 bits per heavy atom. The molecule has 0 unspecified atom stereocenters. The van der Waals surface area contributed by atoms with Gasteiger partial charge in [-0.3, -0.25) is 9.36 Å². The number of ether oxygens (including phenoxy) is 1. The summed E-state index contributed by atoms with van der Waals surface area (Å²) in [7, 11) is 0. The Labute approximate surface area is 187 Å². The van der Waals surface area contributed by atoms with E-state index in [0.29, 0.717) is 24.4 Å². The maximum Gasteiger partial charge on any atom is 0.410 e. The van der Waals surface area contributed by atoms with Crippen molar-refractivity contribution in [2.24, 2.45) is 0 Å². The van der Waals surface area contributed by atoms with E-state index in [1.165, 1.54) is 0 Å². The van der Waals surface area contributed by atoms with E-state index in [1.54, 1.807) is 9.47 Å². The van der Waals surface area contributed by atoms with Crippen LogP contribution in [0.15, 0.2) is 53.3 Å². The Balaban J connectivity index is 1.61. The molecule has 0 N–H and O–H groups in total. The van der Waals surface area contributed by atoms with Crippen molar-refractivity contribution in [3.63, 3.8) is 0 Å². The molecule has 6 heteroatoms. The van der Waals surface area contributed by atoms with Crippen LogP contribution in [-0.2, 0) is 17.7 Å². The summed E-state index contributed by atoms with van der Waals surface area (Å²) in [5.41, 5.74) is 5.18. The van der Waals surface area contributed by atoms with E-state index < -0.39 is 11.7 Å². The van der Waals surface area contributed by atoms with Gasteiger partial charge in [-0.25, -0.2) is 9.78 Å². The normalized spacial score (nSPS) is 15.2. The van der Waals surface area contributed by atoms with Crippen LogP contribution in [0.4, 0.5) is 4.79 Å². The number of benzene rings is 2. The molecule has 5 rings (SSSR count). The minimum absolute atomic E-state index is 0.0859. The van der Waals surface area contributed by atoms with E-state index in [0.717, 1.165) is 27.9 Å². The molecule has 2 aliphatic rings. The summed E-state index contributed by atoms with van der Waals surface area (Å²) in [4.78, 5) is 32.9. The van der Waals surface area contributed by atoms with Crippen LogP contribution in [0.5, 0.6) is 0 Å². The first kappa shape index (κ1) is 20.5. The summed E-state index contributed by atoms with van der Waals surface area (Å²) >= 11 is 0. The Morgan fingerprint density at radius 3 is 2.22 bits per heavy atom. The number of amides is 1. The molecule has 1 aromatic heterocycles. The van der Waals surface area contributed by atoms with Crippen molar-refractivity contribution >= 4 is 6.09 Å². The van der Waals surface area contributed by atoms with E-state index >= 15 is 0 Å². The standard InChI is InChI=1S/C26H27N3O3/c1-16-27-22-13-14-28(25(31)32-26(2,3)4)15-21(22)24(30)29(16)23-19-11-7-5-9-17(19)18-10-6-8-12-20(18)23/h5-12,23H,13-15H2,1-4H3. The number of carbonyl (C=O) groups excluding carboxylic acids is 1. The molecule has 0 saturated heterocycles. The molecule has 0 fully saturated rings. The fourth-order valence-electron chi connectivity index (χ4n) is 4.80. The van der Waals surface area contributed by atoms with Crippen LogP contribution < -0.4 is 5.56 Å². The van der Waals surface area contributed by atoms with Crippen LogP contribution >= 0.6 is 0 Å². The van der Waals surface area contributed by atoms with Gasteiger partial charge in [0.25, 0.3) is 5.56 Å². The third kappa shape index (κ3) is 3.30. The van der Waals surface area contributed by atoms with Crippen LogP contribution in [-0.4, -0.2) is 32.7 Å². The SMILES string of the molecule is Cc1nc2c(c(=O)n1C1c3ccccc3-c3ccccc31)CN(C(=O)OC(C)(C)C)CC2. The maximum absolute atomic E-state index is 13.8. The highest BCUT2D eigenvalue weighted by Gasteiger charge is 2.34. The van der Waals surface area contributed by atoms with Gasteiger partial charge < -0.3 is 9.64 Å². The fourth-order valence-corrected chi connectivity index (χ4v) is 4.80. The molecule has 0 spiro atoms. The van der Waals surface area contributed by atoms with Gasteiger partial charge in [0.05, 0.1) is 23.8 Å². The third-order valence-electron chi connectivity index (χ3n) is 6.15. The largest absolute Gasteiger partial charge is 0.444 e. The summed E-state index contributed by atoms with van der Waals surface area (Å²) in [5.74, 6) is 0.691. The first-order valence-corrected chi connectivity index (χ1v) is 11.0. The molecule has 0 bridgehead atoms. The zero-order valence-corrected chi connectivity index (χ0v) is 18.9. The van der Waals surface area contributed by atoms with Crippen molar-refractivity contribution in [2.75, 3.05) is 6.54 Å². The van der Waals surface area contributed by atoms with Gasteiger partial charge in [-0.2, -0.15) is 0 Å². The highest BCUT2D eigenvalue weighted by atomic mass is 16.6. The second-order valence-corrected chi connectivity index (χ2v) is 9.49.